The molecule has 2 heterocycles. The van der Waals surface area contributed by atoms with E-state index < -0.39 is 0 Å². The van der Waals surface area contributed by atoms with Gasteiger partial charge in [-0.15, -0.1) is 0 Å². The second kappa shape index (κ2) is 5.53. The molecule has 1 aliphatic heterocycles. The first-order valence-electron chi connectivity index (χ1n) is 6.93. The van der Waals surface area contributed by atoms with Crippen LogP contribution in [0.25, 0.3) is 0 Å². The first-order valence-corrected chi connectivity index (χ1v) is 6.93. The summed E-state index contributed by atoms with van der Waals surface area (Å²) in [6.45, 7) is 3.21. The highest BCUT2D eigenvalue weighted by Crippen LogP contribution is 2.26. The molecule has 2 aromatic rings. The molecule has 4 nitrogen and oxygen atoms in total. The van der Waals surface area contributed by atoms with E-state index in [0.717, 1.165) is 37.5 Å². The Morgan fingerprint density at radius 1 is 1.26 bits per heavy atom. The molecule has 0 saturated carbocycles. The van der Waals surface area contributed by atoms with E-state index in [1.165, 1.54) is 5.56 Å². The fourth-order valence-corrected chi connectivity index (χ4v) is 2.62. The lowest BCUT2D eigenvalue weighted by atomic mass is 10.0. The van der Waals surface area contributed by atoms with Crippen molar-refractivity contribution in [1.82, 2.24) is 15.5 Å². The maximum Gasteiger partial charge on any atom is 0.231 e. The molecule has 3 rings (SSSR count). The molecule has 1 aliphatic rings. The van der Waals surface area contributed by atoms with Crippen LogP contribution in [-0.4, -0.2) is 22.7 Å². The predicted octanol–water partition coefficient (Wildman–Crippen LogP) is 2.32. The van der Waals surface area contributed by atoms with Crippen molar-refractivity contribution >= 4 is 0 Å². The van der Waals surface area contributed by atoms with Gasteiger partial charge < -0.3 is 9.84 Å². The molecule has 2 unspecified atom stereocenters. The quantitative estimate of drug-likeness (QED) is 0.913. The Morgan fingerprint density at radius 2 is 2.11 bits per heavy atom. The summed E-state index contributed by atoms with van der Waals surface area (Å²) in [5.41, 5.74) is 1.31. The van der Waals surface area contributed by atoms with Gasteiger partial charge in [-0.25, -0.2) is 0 Å². The van der Waals surface area contributed by atoms with Crippen LogP contribution in [0.4, 0.5) is 0 Å². The van der Waals surface area contributed by atoms with Gasteiger partial charge in [0.05, 0.1) is 5.92 Å². The summed E-state index contributed by atoms with van der Waals surface area (Å²) in [7, 11) is 0. The average molecular weight is 257 g/mol. The molecule has 1 saturated heterocycles. The number of aromatic nitrogens is 2. The zero-order valence-electron chi connectivity index (χ0n) is 11.2. The summed E-state index contributed by atoms with van der Waals surface area (Å²) in [6, 6.07) is 10.8. The molecule has 0 aliphatic carbocycles. The molecule has 2 atom stereocenters. The Hall–Kier alpha value is -1.68. The van der Waals surface area contributed by atoms with E-state index in [2.05, 4.69) is 46.6 Å². The number of hydrogen-bond donors (Lipinski definition) is 1. The van der Waals surface area contributed by atoms with Gasteiger partial charge in [0.2, 0.25) is 5.89 Å². The summed E-state index contributed by atoms with van der Waals surface area (Å²) >= 11 is 0. The van der Waals surface area contributed by atoms with Crippen LogP contribution in [0.5, 0.6) is 0 Å². The van der Waals surface area contributed by atoms with Crippen LogP contribution in [0.15, 0.2) is 34.9 Å². The van der Waals surface area contributed by atoms with Gasteiger partial charge in [0, 0.05) is 12.5 Å². The minimum absolute atomic E-state index is 0.373. The van der Waals surface area contributed by atoms with Crippen molar-refractivity contribution in [3.8, 4) is 0 Å². The van der Waals surface area contributed by atoms with Crippen molar-refractivity contribution in [2.24, 2.45) is 0 Å². The maximum absolute atomic E-state index is 5.41. The molecule has 1 aromatic heterocycles. The summed E-state index contributed by atoms with van der Waals surface area (Å²) in [4.78, 5) is 4.54. The summed E-state index contributed by atoms with van der Waals surface area (Å²) in [5.74, 6) is 1.98. The van der Waals surface area contributed by atoms with Gasteiger partial charge in [0.1, 0.15) is 0 Å². The van der Waals surface area contributed by atoms with Gasteiger partial charge >= 0.3 is 0 Å². The van der Waals surface area contributed by atoms with Gasteiger partial charge in [-0.05, 0) is 31.9 Å². The van der Waals surface area contributed by atoms with Crippen molar-refractivity contribution in [1.29, 1.82) is 0 Å². The van der Waals surface area contributed by atoms with E-state index >= 15 is 0 Å². The van der Waals surface area contributed by atoms with Crippen molar-refractivity contribution in [2.75, 3.05) is 6.54 Å². The van der Waals surface area contributed by atoms with Crippen LogP contribution in [-0.2, 0) is 12.8 Å². The molecular weight excluding hydrogens is 238 g/mol. The highest BCUT2D eigenvalue weighted by Gasteiger charge is 2.29. The number of aryl methyl sites for hydroxylation is 2. The van der Waals surface area contributed by atoms with E-state index in [0.29, 0.717) is 12.0 Å². The standard InChI is InChI=1S/C15H19N3O/c1-11-13(9-10-16-11)15-17-14(18-19-15)8-7-12-5-3-2-4-6-12/h2-6,11,13,16H,7-10H2,1H3. The van der Waals surface area contributed by atoms with Crippen LogP contribution in [0.3, 0.4) is 0 Å². The molecule has 1 aromatic carbocycles. The molecule has 4 heteroatoms. The number of nitrogens with one attached hydrogen (secondary N) is 1. The predicted molar refractivity (Wildman–Crippen MR) is 73.0 cm³/mol. The molecular formula is C15H19N3O. The first kappa shape index (κ1) is 12.4. The van der Waals surface area contributed by atoms with Crippen LogP contribution >= 0.6 is 0 Å². The van der Waals surface area contributed by atoms with Crippen LogP contribution < -0.4 is 5.32 Å². The fourth-order valence-electron chi connectivity index (χ4n) is 2.62. The topological polar surface area (TPSA) is 51.0 Å². The van der Waals surface area contributed by atoms with Crippen molar-refractivity contribution < 1.29 is 4.52 Å². The SMILES string of the molecule is CC1NCCC1c1nc(CCc2ccccc2)no1. The third kappa shape index (κ3) is 2.84. The molecule has 100 valence electrons. The Labute approximate surface area is 113 Å². The minimum Gasteiger partial charge on any atom is -0.339 e. The minimum atomic E-state index is 0.373. The van der Waals surface area contributed by atoms with Gasteiger partial charge in [0.15, 0.2) is 5.82 Å². The molecule has 1 fully saturated rings. The smallest absolute Gasteiger partial charge is 0.231 e. The molecule has 0 amide bonds. The van der Waals surface area contributed by atoms with Gasteiger partial charge in [-0.3, -0.25) is 0 Å². The Morgan fingerprint density at radius 3 is 2.84 bits per heavy atom. The second-order valence-corrected chi connectivity index (χ2v) is 5.17. The highest BCUT2D eigenvalue weighted by molar-refractivity contribution is 5.15. The number of rotatable bonds is 4. The average Bonchev–Trinajstić information content (AvgIpc) is 3.06. The molecule has 1 N–H and O–H groups in total. The third-order valence-corrected chi connectivity index (χ3v) is 3.81. The molecule has 19 heavy (non-hydrogen) atoms. The molecule has 0 bridgehead atoms. The fraction of sp³-hybridized carbons (Fsp3) is 0.467. The van der Waals surface area contributed by atoms with Crippen LogP contribution in [0.1, 0.15) is 36.5 Å². The number of nitrogens with zero attached hydrogens (tertiary/aromatic N) is 2. The van der Waals surface area contributed by atoms with E-state index in [9.17, 15) is 0 Å². The van der Waals surface area contributed by atoms with Crippen molar-refractivity contribution in [3.05, 3.63) is 47.6 Å². The van der Waals surface area contributed by atoms with Crippen LogP contribution in [0, 0.1) is 0 Å². The second-order valence-electron chi connectivity index (χ2n) is 5.17. The summed E-state index contributed by atoms with van der Waals surface area (Å²) in [6.07, 6.45) is 2.88. The Balaban J connectivity index is 1.62. The zero-order chi connectivity index (χ0) is 13.1. The monoisotopic (exact) mass is 257 g/mol. The zero-order valence-corrected chi connectivity index (χ0v) is 11.2. The first-order chi connectivity index (χ1) is 9.33. The summed E-state index contributed by atoms with van der Waals surface area (Å²) < 4.78 is 5.41. The van der Waals surface area contributed by atoms with E-state index in [4.69, 9.17) is 4.52 Å². The summed E-state index contributed by atoms with van der Waals surface area (Å²) in [5, 5.41) is 7.50. The van der Waals surface area contributed by atoms with Gasteiger partial charge in [-0.1, -0.05) is 35.5 Å². The lowest BCUT2D eigenvalue weighted by Gasteiger charge is -2.08. The van der Waals surface area contributed by atoms with Gasteiger partial charge in [-0.2, -0.15) is 4.98 Å². The largest absolute Gasteiger partial charge is 0.339 e. The van der Waals surface area contributed by atoms with E-state index in [1.807, 2.05) is 6.07 Å². The molecule has 0 spiro atoms. The Kier molecular flexibility index (Phi) is 3.60. The maximum atomic E-state index is 5.41. The van der Waals surface area contributed by atoms with Gasteiger partial charge in [0.25, 0.3) is 0 Å². The number of benzene rings is 1. The van der Waals surface area contributed by atoms with Crippen molar-refractivity contribution in [2.45, 2.75) is 38.1 Å². The molecule has 0 radical (unpaired) electrons. The van der Waals surface area contributed by atoms with E-state index in [1.54, 1.807) is 0 Å². The Bertz CT molecular complexity index is 523. The number of hydrogen-bond acceptors (Lipinski definition) is 4. The van der Waals surface area contributed by atoms with E-state index in [-0.39, 0.29) is 0 Å². The normalized spacial score (nSPS) is 22.8. The third-order valence-electron chi connectivity index (χ3n) is 3.81. The lowest BCUT2D eigenvalue weighted by molar-refractivity contribution is 0.341. The van der Waals surface area contributed by atoms with Crippen LogP contribution in [0.2, 0.25) is 0 Å². The van der Waals surface area contributed by atoms with Crippen molar-refractivity contribution in [3.63, 3.8) is 0 Å². The lowest BCUT2D eigenvalue weighted by Crippen LogP contribution is -2.21. The highest BCUT2D eigenvalue weighted by atomic mass is 16.5.